The lowest BCUT2D eigenvalue weighted by Crippen LogP contribution is -2.15. The molecule has 3 nitrogen and oxygen atoms in total. The number of unbranched alkanes of at least 4 members (excludes halogenated alkanes) is 1. The zero-order valence-electron chi connectivity index (χ0n) is 13.3. The zero-order valence-corrected chi connectivity index (χ0v) is 13.3. The van der Waals surface area contributed by atoms with Gasteiger partial charge in [-0.15, -0.1) is 0 Å². The number of carbonyl (C=O) groups excluding carboxylic acids is 1. The lowest BCUT2D eigenvalue weighted by molar-refractivity contribution is 0.173. The highest BCUT2D eigenvalue weighted by Crippen LogP contribution is 2.28. The van der Waals surface area contributed by atoms with Crippen molar-refractivity contribution in [3.63, 3.8) is 0 Å². The molecule has 2 aromatic rings. The molecular formula is C19H23NO2. The van der Waals surface area contributed by atoms with Crippen molar-refractivity contribution in [1.82, 2.24) is 4.57 Å². The summed E-state index contributed by atoms with van der Waals surface area (Å²) in [6, 6.07) is 8.01. The standard InChI is InChI=1S/C19H23NO2/c1-4-6-8-11-15-16-12-9-10-14-18(16)20(19(21)22-3)17(15)13-7-5-2/h4,6,8-10,12,14H,1,5,7,11,13H2,2-3H3/b8-6+. The van der Waals surface area contributed by atoms with Crippen LogP contribution in [-0.4, -0.2) is 17.8 Å². The van der Waals surface area contributed by atoms with Gasteiger partial charge in [-0.2, -0.15) is 0 Å². The van der Waals surface area contributed by atoms with Gasteiger partial charge in [0.2, 0.25) is 0 Å². The van der Waals surface area contributed by atoms with E-state index in [1.807, 2.05) is 24.3 Å². The minimum Gasteiger partial charge on any atom is -0.452 e. The van der Waals surface area contributed by atoms with Crippen molar-refractivity contribution in [2.75, 3.05) is 7.11 Å². The Morgan fingerprint density at radius 1 is 1.36 bits per heavy atom. The third-order valence-electron chi connectivity index (χ3n) is 3.81. The quantitative estimate of drug-likeness (QED) is 0.711. The van der Waals surface area contributed by atoms with Crippen LogP contribution in [0.1, 0.15) is 31.0 Å². The van der Waals surface area contributed by atoms with E-state index in [1.54, 1.807) is 10.6 Å². The first-order valence-electron chi connectivity index (χ1n) is 7.71. The van der Waals surface area contributed by atoms with Crippen LogP contribution in [-0.2, 0) is 17.6 Å². The number of allylic oxidation sites excluding steroid dienone is 3. The molecule has 0 fully saturated rings. The Labute approximate surface area is 131 Å². The predicted octanol–water partition coefficient (Wildman–Crippen LogP) is 4.88. The average molecular weight is 297 g/mol. The molecule has 22 heavy (non-hydrogen) atoms. The number of carbonyl (C=O) groups is 1. The minimum absolute atomic E-state index is 0.318. The lowest BCUT2D eigenvalue weighted by Gasteiger charge is -2.09. The molecule has 0 saturated heterocycles. The molecule has 1 aromatic carbocycles. The fourth-order valence-corrected chi connectivity index (χ4v) is 2.78. The van der Waals surface area contributed by atoms with E-state index in [0.717, 1.165) is 42.3 Å². The van der Waals surface area contributed by atoms with Gasteiger partial charge in [0.05, 0.1) is 12.6 Å². The lowest BCUT2D eigenvalue weighted by atomic mass is 10.0. The maximum absolute atomic E-state index is 12.3. The molecule has 0 atom stereocenters. The molecule has 0 aliphatic rings. The van der Waals surface area contributed by atoms with Crippen LogP contribution in [0.3, 0.4) is 0 Å². The first-order chi connectivity index (χ1) is 10.7. The summed E-state index contributed by atoms with van der Waals surface area (Å²) < 4.78 is 6.72. The van der Waals surface area contributed by atoms with Crippen molar-refractivity contribution >= 4 is 17.0 Å². The number of benzene rings is 1. The van der Waals surface area contributed by atoms with Gasteiger partial charge < -0.3 is 4.74 Å². The molecule has 0 spiro atoms. The molecule has 0 aliphatic carbocycles. The van der Waals surface area contributed by atoms with E-state index < -0.39 is 0 Å². The van der Waals surface area contributed by atoms with Gasteiger partial charge in [0.1, 0.15) is 0 Å². The van der Waals surface area contributed by atoms with Gasteiger partial charge in [-0.05, 0) is 30.9 Å². The van der Waals surface area contributed by atoms with Gasteiger partial charge in [-0.3, -0.25) is 0 Å². The minimum atomic E-state index is -0.318. The van der Waals surface area contributed by atoms with Crippen LogP contribution in [0.5, 0.6) is 0 Å². The molecule has 0 radical (unpaired) electrons. The highest BCUT2D eigenvalue weighted by Gasteiger charge is 2.20. The molecule has 0 aliphatic heterocycles. The van der Waals surface area contributed by atoms with Gasteiger partial charge in [0.25, 0.3) is 0 Å². The Bertz CT molecular complexity index is 695. The van der Waals surface area contributed by atoms with Crippen molar-refractivity contribution in [2.24, 2.45) is 0 Å². The molecule has 0 N–H and O–H groups in total. The van der Waals surface area contributed by atoms with E-state index in [4.69, 9.17) is 4.74 Å². The van der Waals surface area contributed by atoms with Crippen molar-refractivity contribution in [3.05, 3.63) is 60.3 Å². The van der Waals surface area contributed by atoms with E-state index in [-0.39, 0.29) is 6.09 Å². The van der Waals surface area contributed by atoms with E-state index in [2.05, 4.69) is 25.6 Å². The SMILES string of the molecule is C=C/C=C/Cc1c(CCCC)n(C(=O)OC)c2ccccc12. The highest BCUT2D eigenvalue weighted by atomic mass is 16.5. The molecule has 1 heterocycles. The normalized spacial score (nSPS) is 11.2. The van der Waals surface area contributed by atoms with Crippen LogP contribution < -0.4 is 0 Å². The van der Waals surface area contributed by atoms with E-state index >= 15 is 0 Å². The maximum atomic E-state index is 12.3. The Balaban J connectivity index is 2.64. The average Bonchev–Trinajstić information content (AvgIpc) is 2.86. The zero-order chi connectivity index (χ0) is 15.9. The van der Waals surface area contributed by atoms with Crippen molar-refractivity contribution in [3.8, 4) is 0 Å². The molecule has 1 aromatic heterocycles. The fraction of sp³-hybridized carbons (Fsp3) is 0.316. The molecule has 116 valence electrons. The number of ether oxygens (including phenoxy) is 1. The van der Waals surface area contributed by atoms with Gasteiger partial charge in [-0.25, -0.2) is 9.36 Å². The summed E-state index contributed by atoms with van der Waals surface area (Å²) >= 11 is 0. The number of hydrogen-bond acceptors (Lipinski definition) is 2. The molecule has 0 bridgehead atoms. The van der Waals surface area contributed by atoms with Gasteiger partial charge in [0.15, 0.2) is 0 Å². The van der Waals surface area contributed by atoms with Gasteiger partial charge in [0, 0.05) is 11.1 Å². The number of aromatic nitrogens is 1. The van der Waals surface area contributed by atoms with E-state index in [1.165, 1.54) is 12.7 Å². The summed E-state index contributed by atoms with van der Waals surface area (Å²) in [4.78, 5) is 12.3. The summed E-state index contributed by atoms with van der Waals surface area (Å²) in [6.45, 7) is 5.86. The highest BCUT2D eigenvalue weighted by molar-refractivity contribution is 5.93. The molecule has 3 heteroatoms. The van der Waals surface area contributed by atoms with Crippen molar-refractivity contribution in [1.29, 1.82) is 0 Å². The second kappa shape index (κ2) is 7.64. The largest absolute Gasteiger partial charge is 0.452 e. The second-order valence-corrected chi connectivity index (χ2v) is 5.22. The summed E-state index contributed by atoms with van der Waals surface area (Å²) in [5, 5.41) is 1.12. The third-order valence-corrected chi connectivity index (χ3v) is 3.81. The third kappa shape index (κ3) is 3.14. The van der Waals surface area contributed by atoms with Crippen LogP contribution in [0.2, 0.25) is 0 Å². The number of fused-ring (bicyclic) bond motifs is 1. The molecule has 0 saturated carbocycles. The van der Waals surface area contributed by atoms with Crippen LogP contribution in [0.15, 0.2) is 49.1 Å². The van der Waals surface area contributed by atoms with Gasteiger partial charge in [-0.1, -0.05) is 56.4 Å². The van der Waals surface area contributed by atoms with Crippen molar-refractivity contribution in [2.45, 2.75) is 32.6 Å². The van der Waals surface area contributed by atoms with Gasteiger partial charge >= 0.3 is 6.09 Å². The Kier molecular flexibility index (Phi) is 5.59. The maximum Gasteiger partial charge on any atom is 0.418 e. The van der Waals surface area contributed by atoms with E-state index in [9.17, 15) is 4.79 Å². The number of hydrogen-bond donors (Lipinski definition) is 0. The number of rotatable bonds is 6. The first-order valence-corrected chi connectivity index (χ1v) is 7.71. The Hall–Kier alpha value is -2.29. The number of nitrogens with zero attached hydrogens (tertiary/aromatic N) is 1. The second-order valence-electron chi connectivity index (χ2n) is 5.22. The summed E-state index contributed by atoms with van der Waals surface area (Å²) in [6.07, 6.45) is 9.26. The molecular weight excluding hydrogens is 274 g/mol. The molecule has 0 unspecified atom stereocenters. The summed E-state index contributed by atoms with van der Waals surface area (Å²) in [7, 11) is 1.43. The number of para-hydroxylation sites is 1. The molecule has 2 rings (SSSR count). The van der Waals surface area contributed by atoms with Crippen molar-refractivity contribution < 1.29 is 9.53 Å². The van der Waals surface area contributed by atoms with Crippen LogP contribution in [0, 0.1) is 0 Å². The van der Waals surface area contributed by atoms with Crippen LogP contribution in [0.4, 0.5) is 4.79 Å². The van der Waals surface area contributed by atoms with Crippen LogP contribution >= 0.6 is 0 Å². The predicted molar refractivity (Wildman–Crippen MR) is 91.4 cm³/mol. The van der Waals surface area contributed by atoms with E-state index in [0.29, 0.717) is 0 Å². The summed E-state index contributed by atoms with van der Waals surface area (Å²) in [5.41, 5.74) is 3.18. The Morgan fingerprint density at radius 2 is 2.14 bits per heavy atom. The topological polar surface area (TPSA) is 31.2 Å². The monoisotopic (exact) mass is 297 g/mol. The summed E-state index contributed by atoms with van der Waals surface area (Å²) in [5.74, 6) is 0. The van der Waals surface area contributed by atoms with Crippen LogP contribution in [0.25, 0.3) is 10.9 Å². The fourth-order valence-electron chi connectivity index (χ4n) is 2.78. The Morgan fingerprint density at radius 3 is 2.82 bits per heavy atom. The molecule has 0 amide bonds. The first kappa shape index (κ1) is 16.1. The number of methoxy groups -OCH3 is 1. The smallest absolute Gasteiger partial charge is 0.418 e.